The standard InChI is InChI=1S/C22H29N3O4S/c1-25-13-11-16-15-21(22(28-2)23-20(16)12-14-25)24-30(26,27)19-9-7-18(8-10-19)29-17-5-3-4-6-17/h7-10,15,17,24H,3-6,11-14H2,1-2H3. The number of ether oxygens (including phenoxy) is 2. The van der Waals surface area contributed by atoms with E-state index in [2.05, 4.69) is 21.7 Å². The SMILES string of the molecule is COc1nc2c(cc1NS(=O)(=O)c1ccc(OC3CCCC3)cc1)CCN(C)CC2. The summed E-state index contributed by atoms with van der Waals surface area (Å²) in [6.07, 6.45) is 6.37. The molecular formula is C22H29N3O4S. The molecule has 4 rings (SSSR count). The molecular weight excluding hydrogens is 402 g/mol. The van der Waals surface area contributed by atoms with Gasteiger partial charge in [0.1, 0.15) is 11.4 Å². The van der Waals surface area contributed by atoms with Gasteiger partial charge in [-0.05, 0) is 75.0 Å². The van der Waals surface area contributed by atoms with Crippen molar-refractivity contribution < 1.29 is 17.9 Å². The van der Waals surface area contributed by atoms with Crippen molar-refractivity contribution in [3.05, 3.63) is 41.6 Å². The van der Waals surface area contributed by atoms with Crippen LogP contribution in [0.3, 0.4) is 0 Å². The monoisotopic (exact) mass is 431 g/mol. The van der Waals surface area contributed by atoms with E-state index >= 15 is 0 Å². The van der Waals surface area contributed by atoms with Crippen molar-refractivity contribution in [2.75, 3.05) is 32.0 Å². The van der Waals surface area contributed by atoms with Gasteiger partial charge >= 0.3 is 0 Å². The molecule has 2 aliphatic rings. The number of fused-ring (bicyclic) bond motifs is 1. The number of anilines is 1. The lowest BCUT2D eigenvalue weighted by Crippen LogP contribution is -2.20. The first-order valence-corrected chi connectivity index (χ1v) is 12.0. The Morgan fingerprint density at radius 1 is 1.10 bits per heavy atom. The fourth-order valence-electron chi connectivity index (χ4n) is 4.06. The first-order valence-electron chi connectivity index (χ1n) is 10.5. The van der Waals surface area contributed by atoms with Gasteiger partial charge < -0.3 is 14.4 Å². The second-order valence-corrected chi connectivity index (χ2v) is 9.74. The summed E-state index contributed by atoms with van der Waals surface area (Å²) in [5, 5.41) is 0. The summed E-state index contributed by atoms with van der Waals surface area (Å²) in [6.45, 7) is 1.83. The van der Waals surface area contributed by atoms with Gasteiger partial charge in [0.2, 0.25) is 5.88 Å². The van der Waals surface area contributed by atoms with Crippen LogP contribution in [0.25, 0.3) is 0 Å². The zero-order valence-electron chi connectivity index (χ0n) is 17.6. The summed E-state index contributed by atoms with van der Waals surface area (Å²) < 4.78 is 39.9. The van der Waals surface area contributed by atoms with E-state index in [0.29, 0.717) is 17.3 Å². The van der Waals surface area contributed by atoms with Crippen LogP contribution in [-0.2, 0) is 22.9 Å². The molecule has 1 aliphatic heterocycles. The van der Waals surface area contributed by atoms with Crippen LogP contribution in [0.4, 0.5) is 5.69 Å². The minimum atomic E-state index is -3.77. The number of hydrogen-bond donors (Lipinski definition) is 1. The predicted molar refractivity (Wildman–Crippen MR) is 116 cm³/mol. The predicted octanol–water partition coefficient (Wildman–Crippen LogP) is 3.24. The van der Waals surface area contributed by atoms with Crippen molar-refractivity contribution in [3.63, 3.8) is 0 Å². The molecule has 0 saturated heterocycles. The van der Waals surface area contributed by atoms with Crippen molar-refractivity contribution in [3.8, 4) is 11.6 Å². The number of methoxy groups -OCH3 is 1. The summed E-state index contributed by atoms with van der Waals surface area (Å²) in [5.41, 5.74) is 2.39. The summed E-state index contributed by atoms with van der Waals surface area (Å²) in [6, 6.07) is 8.44. The van der Waals surface area contributed by atoms with Gasteiger partial charge in [-0.2, -0.15) is 0 Å². The lowest BCUT2D eigenvalue weighted by atomic mass is 10.1. The number of benzene rings is 1. The van der Waals surface area contributed by atoms with Crippen molar-refractivity contribution in [1.82, 2.24) is 9.88 Å². The van der Waals surface area contributed by atoms with Crippen molar-refractivity contribution in [1.29, 1.82) is 0 Å². The van der Waals surface area contributed by atoms with Gasteiger partial charge in [0.15, 0.2) is 0 Å². The van der Waals surface area contributed by atoms with Gasteiger partial charge in [0, 0.05) is 25.2 Å². The molecule has 2 heterocycles. The smallest absolute Gasteiger partial charge is 0.262 e. The normalized spacial score (nSPS) is 17.9. The molecule has 0 spiro atoms. The van der Waals surface area contributed by atoms with E-state index in [-0.39, 0.29) is 11.0 Å². The molecule has 0 bridgehead atoms. The molecule has 2 aromatic rings. The van der Waals surface area contributed by atoms with Gasteiger partial charge in [0.25, 0.3) is 10.0 Å². The molecule has 0 atom stereocenters. The zero-order chi connectivity index (χ0) is 21.1. The molecule has 1 aromatic carbocycles. The number of pyridine rings is 1. The molecule has 1 N–H and O–H groups in total. The van der Waals surface area contributed by atoms with E-state index in [1.807, 2.05) is 6.07 Å². The molecule has 1 aromatic heterocycles. The summed E-state index contributed by atoms with van der Waals surface area (Å²) >= 11 is 0. The molecule has 1 fully saturated rings. The summed E-state index contributed by atoms with van der Waals surface area (Å²) in [4.78, 5) is 7.00. The topological polar surface area (TPSA) is 80.8 Å². The highest BCUT2D eigenvalue weighted by molar-refractivity contribution is 7.92. The molecule has 162 valence electrons. The van der Waals surface area contributed by atoms with Crippen LogP contribution in [0.15, 0.2) is 35.2 Å². The average molecular weight is 432 g/mol. The Balaban J connectivity index is 1.54. The molecule has 7 nitrogen and oxygen atoms in total. The number of rotatable bonds is 6. The lowest BCUT2D eigenvalue weighted by Gasteiger charge is -2.15. The van der Waals surface area contributed by atoms with E-state index in [9.17, 15) is 8.42 Å². The van der Waals surface area contributed by atoms with Crippen molar-refractivity contribution >= 4 is 15.7 Å². The molecule has 8 heteroatoms. The second kappa shape index (κ2) is 8.81. The summed E-state index contributed by atoms with van der Waals surface area (Å²) in [7, 11) is -0.192. The number of likely N-dealkylation sites (N-methyl/N-ethyl adjacent to an activating group) is 1. The van der Waals surface area contributed by atoms with E-state index < -0.39 is 10.0 Å². The van der Waals surface area contributed by atoms with Crippen LogP contribution in [0.2, 0.25) is 0 Å². The number of hydrogen-bond acceptors (Lipinski definition) is 6. The van der Waals surface area contributed by atoms with Crippen LogP contribution in [0.1, 0.15) is 36.9 Å². The van der Waals surface area contributed by atoms with Crippen LogP contribution in [-0.4, -0.2) is 51.7 Å². The van der Waals surface area contributed by atoms with E-state index in [1.54, 1.807) is 24.3 Å². The molecule has 1 saturated carbocycles. The Labute approximate surface area is 178 Å². The van der Waals surface area contributed by atoms with Crippen LogP contribution >= 0.6 is 0 Å². The Hall–Kier alpha value is -2.32. The van der Waals surface area contributed by atoms with Crippen LogP contribution < -0.4 is 14.2 Å². The Morgan fingerprint density at radius 3 is 2.50 bits per heavy atom. The van der Waals surface area contributed by atoms with E-state index in [0.717, 1.165) is 50.0 Å². The lowest BCUT2D eigenvalue weighted by molar-refractivity contribution is 0.210. The van der Waals surface area contributed by atoms with E-state index in [1.165, 1.54) is 20.0 Å². The molecule has 0 radical (unpaired) electrons. The zero-order valence-corrected chi connectivity index (χ0v) is 18.4. The number of nitrogens with zero attached hydrogens (tertiary/aromatic N) is 2. The van der Waals surface area contributed by atoms with Gasteiger partial charge in [0.05, 0.1) is 18.1 Å². The minimum absolute atomic E-state index is 0.179. The largest absolute Gasteiger partial charge is 0.490 e. The Bertz CT molecular complexity index is 986. The highest BCUT2D eigenvalue weighted by atomic mass is 32.2. The third kappa shape index (κ3) is 4.70. The number of nitrogens with one attached hydrogen (secondary N) is 1. The van der Waals surface area contributed by atoms with Gasteiger partial charge in [-0.1, -0.05) is 0 Å². The van der Waals surface area contributed by atoms with Crippen LogP contribution in [0, 0.1) is 0 Å². The van der Waals surface area contributed by atoms with Gasteiger partial charge in [-0.25, -0.2) is 13.4 Å². The minimum Gasteiger partial charge on any atom is -0.490 e. The Kier molecular flexibility index (Phi) is 6.15. The molecule has 30 heavy (non-hydrogen) atoms. The summed E-state index contributed by atoms with van der Waals surface area (Å²) in [5.74, 6) is 0.998. The number of aromatic nitrogens is 1. The average Bonchev–Trinajstić information content (AvgIpc) is 3.17. The first-order chi connectivity index (χ1) is 14.4. The molecule has 0 unspecified atom stereocenters. The highest BCUT2D eigenvalue weighted by Gasteiger charge is 2.22. The third-order valence-electron chi connectivity index (χ3n) is 5.83. The van der Waals surface area contributed by atoms with Gasteiger partial charge in [-0.15, -0.1) is 0 Å². The quantitative estimate of drug-likeness (QED) is 0.756. The van der Waals surface area contributed by atoms with Crippen molar-refractivity contribution in [2.24, 2.45) is 0 Å². The maximum Gasteiger partial charge on any atom is 0.262 e. The fraction of sp³-hybridized carbons (Fsp3) is 0.500. The second-order valence-electron chi connectivity index (χ2n) is 8.06. The number of sulfonamides is 1. The van der Waals surface area contributed by atoms with E-state index in [4.69, 9.17) is 9.47 Å². The van der Waals surface area contributed by atoms with Crippen molar-refractivity contribution in [2.45, 2.75) is 49.5 Å². The Morgan fingerprint density at radius 2 is 1.80 bits per heavy atom. The maximum absolute atomic E-state index is 13.0. The third-order valence-corrected chi connectivity index (χ3v) is 7.21. The molecule has 1 aliphatic carbocycles. The first kappa shape index (κ1) is 20.9. The maximum atomic E-state index is 13.0. The van der Waals surface area contributed by atoms with Gasteiger partial charge in [-0.3, -0.25) is 4.72 Å². The fourth-order valence-corrected chi connectivity index (χ4v) is 5.10. The molecule has 0 amide bonds. The highest BCUT2D eigenvalue weighted by Crippen LogP contribution is 2.30. The van der Waals surface area contributed by atoms with Crippen LogP contribution in [0.5, 0.6) is 11.6 Å².